The summed E-state index contributed by atoms with van der Waals surface area (Å²) in [5.74, 6) is -0.531. The molecule has 2 nitrogen and oxygen atoms in total. The van der Waals surface area contributed by atoms with Crippen molar-refractivity contribution in [3.8, 4) is 22.3 Å². The molecule has 0 saturated heterocycles. The molecule has 0 fully saturated rings. The van der Waals surface area contributed by atoms with Gasteiger partial charge in [0.2, 0.25) is 0 Å². The van der Waals surface area contributed by atoms with Crippen LogP contribution in [-0.4, -0.2) is 16.1 Å². The van der Waals surface area contributed by atoms with Crippen molar-refractivity contribution in [1.29, 1.82) is 0 Å². The topological polar surface area (TPSA) is 6.48 Å². The van der Waals surface area contributed by atoms with Crippen molar-refractivity contribution in [1.82, 2.24) is 0 Å². The molecule has 9 aromatic carbocycles. The minimum atomic E-state index is -1.92. The van der Waals surface area contributed by atoms with Crippen molar-refractivity contribution in [3.05, 3.63) is 228 Å². The Balaban J connectivity index is 1.27. The standard InChI is InChI=1S/C59H50F2N2Si2/c1-64(2,3)56-25-15-13-23-53(56)62(41-31-27-39(60)28-32-41)43-35-36-48-51(37-43)59(49-21-11-9-17-44(49)45-18-10-12-22-50(45)59)52-38-55(46-19-7-8-20-47(46)58(48)52)63(42-33-29-40(61)30-34-42)54-24-14-16-26-57(54)65(4,5)6/h7-38H,1-6H3. The molecule has 0 amide bonds. The molecule has 0 heterocycles. The molecule has 0 unspecified atom stereocenters. The van der Waals surface area contributed by atoms with Crippen LogP contribution < -0.4 is 20.2 Å². The maximum atomic E-state index is 14.9. The summed E-state index contributed by atoms with van der Waals surface area (Å²) >= 11 is 0. The second-order valence-electron chi connectivity index (χ2n) is 19.6. The molecular formula is C59H50F2N2Si2. The van der Waals surface area contributed by atoms with Crippen LogP contribution >= 0.6 is 0 Å². The highest BCUT2D eigenvalue weighted by atomic mass is 28.3. The molecule has 9 aromatic rings. The molecule has 6 heteroatoms. The molecule has 2 aliphatic rings. The van der Waals surface area contributed by atoms with Crippen molar-refractivity contribution in [3.63, 3.8) is 0 Å². The Morgan fingerprint density at radius 2 is 0.800 bits per heavy atom. The fraction of sp³-hybridized carbons (Fsp3) is 0.119. The van der Waals surface area contributed by atoms with E-state index in [1.54, 1.807) is 24.3 Å². The van der Waals surface area contributed by atoms with Crippen LogP contribution in [0.4, 0.5) is 42.9 Å². The molecule has 0 N–H and O–H groups in total. The second kappa shape index (κ2) is 15.1. The van der Waals surface area contributed by atoms with Crippen molar-refractivity contribution in [2.75, 3.05) is 9.80 Å². The van der Waals surface area contributed by atoms with Gasteiger partial charge in [0, 0.05) is 33.8 Å². The van der Waals surface area contributed by atoms with E-state index < -0.39 is 21.6 Å². The Bertz CT molecular complexity index is 3280. The van der Waals surface area contributed by atoms with Crippen LogP contribution in [0.3, 0.4) is 0 Å². The van der Waals surface area contributed by atoms with E-state index in [9.17, 15) is 8.78 Å². The fourth-order valence-electron chi connectivity index (χ4n) is 10.9. The number of para-hydroxylation sites is 2. The number of hydrogen-bond donors (Lipinski definition) is 0. The lowest BCUT2D eigenvalue weighted by atomic mass is 9.70. The summed E-state index contributed by atoms with van der Waals surface area (Å²) in [5, 5.41) is 4.93. The lowest BCUT2D eigenvalue weighted by Gasteiger charge is -2.35. The lowest BCUT2D eigenvalue weighted by molar-refractivity contribution is 0.627. The lowest BCUT2D eigenvalue weighted by Crippen LogP contribution is -2.40. The number of fused-ring (bicyclic) bond motifs is 12. The number of anilines is 6. The van der Waals surface area contributed by atoms with Crippen LogP contribution in [-0.2, 0) is 5.41 Å². The Hall–Kier alpha value is -6.87. The Morgan fingerprint density at radius 3 is 1.35 bits per heavy atom. The van der Waals surface area contributed by atoms with Gasteiger partial charge < -0.3 is 9.80 Å². The zero-order valence-electron chi connectivity index (χ0n) is 37.6. The molecular weight excluding hydrogens is 831 g/mol. The third kappa shape index (κ3) is 6.37. The zero-order chi connectivity index (χ0) is 44.8. The quantitative estimate of drug-likeness (QED) is 0.140. The maximum Gasteiger partial charge on any atom is 0.123 e. The summed E-state index contributed by atoms with van der Waals surface area (Å²) in [6, 6.07) is 67.6. The highest BCUT2D eigenvalue weighted by molar-refractivity contribution is 6.90. The Kier molecular flexibility index (Phi) is 9.51. The predicted molar refractivity (Wildman–Crippen MR) is 275 cm³/mol. The molecule has 0 radical (unpaired) electrons. The normalized spacial score (nSPS) is 13.4. The predicted octanol–water partition coefficient (Wildman–Crippen LogP) is 15.5. The zero-order valence-corrected chi connectivity index (χ0v) is 39.6. The molecule has 0 aromatic heterocycles. The minimum Gasteiger partial charge on any atom is -0.311 e. The van der Waals surface area contributed by atoms with Gasteiger partial charge in [0.1, 0.15) is 11.6 Å². The molecule has 65 heavy (non-hydrogen) atoms. The van der Waals surface area contributed by atoms with Crippen LogP contribution in [0.1, 0.15) is 22.3 Å². The molecule has 0 bridgehead atoms. The summed E-state index contributed by atoms with van der Waals surface area (Å²) in [6.45, 7) is 14.3. The van der Waals surface area contributed by atoms with Gasteiger partial charge in [-0.2, -0.15) is 0 Å². The van der Waals surface area contributed by atoms with Gasteiger partial charge in [-0.05, 0) is 139 Å². The number of halogens is 2. The number of nitrogens with zero attached hydrogens (tertiary/aromatic N) is 2. The smallest absolute Gasteiger partial charge is 0.123 e. The first kappa shape index (κ1) is 40.9. The van der Waals surface area contributed by atoms with Gasteiger partial charge in [-0.25, -0.2) is 8.78 Å². The van der Waals surface area contributed by atoms with E-state index in [1.165, 1.54) is 54.9 Å². The SMILES string of the molecule is C[Si](C)(C)c1ccccc1N(c1ccc(F)cc1)c1ccc2c(c1)C1(c3ccccc3-c3ccccc31)c1cc(N(c3ccc(F)cc3)c3ccccc3[Si](C)(C)C)c3ccccc3c1-2. The van der Waals surface area contributed by atoms with E-state index >= 15 is 0 Å². The minimum absolute atomic E-state index is 0.264. The van der Waals surface area contributed by atoms with Crippen LogP contribution in [0.25, 0.3) is 33.0 Å². The summed E-state index contributed by atoms with van der Waals surface area (Å²) in [6.07, 6.45) is 0. The van der Waals surface area contributed by atoms with E-state index in [0.29, 0.717) is 0 Å². The van der Waals surface area contributed by atoms with Crippen LogP contribution in [0.15, 0.2) is 194 Å². The number of hydrogen-bond acceptors (Lipinski definition) is 2. The van der Waals surface area contributed by atoms with E-state index in [2.05, 4.69) is 195 Å². The second-order valence-corrected chi connectivity index (χ2v) is 29.7. The van der Waals surface area contributed by atoms with Crippen LogP contribution in [0.2, 0.25) is 39.3 Å². The van der Waals surface area contributed by atoms with Gasteiger partial charge in [-0.3, -0.25) is 0 Å². The summed E-state index contributed by atoms with van der Waals surface area (Å²) < 4.78 is 29.6. The molecule has 11 rings (SSSR count). The monoisotopic (exact) mass is 880 g/mol. The van der Waals surface area contributed by atoms with Crippen molar-refractivity contribution >= 4 is 71.4 Å². The number of benzene rings is 9. The van der Waals surface area contributed by atoms with Gasteiger partial charge in [0.05, 0.1) is 27.3 Å². The molecule has 1 spiro atoms. The van der Waals surface area contributed by atoms with Gasteiger partial charge in [-0.15, -0.1) is 0 Å². The molecule has 0 saturated carbocycles. The van der Waals surface area contributed by atoms with E-state index in [-0.39, 0.29) is 11.6 Å². The Morgan fingerprint density at radius 1 is 0.354 bits per heavy atom. The molecule has 0 aliphatic heterocycles. The van der Waals surface area contributed by atoms with Gasteiger partial charge >= 0.3 is 0 Å². The van der Waals surface area contributed by atoms with Gasteiger partial charge in [-0.1, -0.05) is 155 Å². The third-order valence-corrected chi connectivity index (χ3v) is 17.7. The summed E-state index contributed by atoms with van der Waals surface area (Å²) in [4.78, 5) is 4.72. The van der Waals surface area contributed by atoms with Crippen molar-refractivity contribution in [2.45, 2.75) is 44.7 Å². The average molecular weight is 881 g/mol. The largest absolute Gasteiger partial charge is 0.311 e. The number of rotatable bonds is 8. The highest BCUT2D eigenvalue weighted by Crippen LogP contribution is 2.65. The Labute approximate surface area is 383 Å². The molecule has 0 atom stereocenters. The maximum absolute atomic E-state index is 14.9. The van der Waals surface area contributed by atoms with Crippen LogP contribution in [0.5, 0.6) is 0 Å². The van der Waals surface area contributed by atoms with Crippen molar-refractivity contribution in [2.24, 2.45) is 0 Å². The van der Waals surface area contributed by atoms with E-state index in [1.807, 2.05) is 24.3 Å². The van der Waals surface area contributed by atoms with Crippen molar-refractivity contribution < 1.29 is 8.78 Å². The van der Waals surface area contributed by atoms with Gasteiger partial charge in [0.25, 0.3) is 0 Å². The third-order valence-electron chi connectivity index (χ3n) is 13.6. The van der Waals surface area contributed by atoms with E-state index in [0.717, 1.165) is 44.9 Å². The first-order valence-electron chi connectivity index (χ1n) is 22.6. The summed E-state index contributed by atoms with van der Waals surface area (Å²) in [5.41, 5.74) is 15.1. The molecule has 2 aliphatic carbocycles. The van der Waals surface area contributed by atoms with E-state index in [4.69, 9.17) is 0 Å². The highest BCUT2D eigenvalue weighted by Gasteiger charge is 2.53. The first-order chi connectivity index (χ1) is 31.4. The average Bonchev–Trinajstić information content (AvgIpc) is 3.77. The first-order valence-corrected chi connectivity index (χ1v) is 29.6. The van der Waals surface area contributed by atoms with Gasteiger partial charge in [0.15, 0.2) is 0 Å². The fourth-order valence-corrected chi connectivity index (χ4v) is 14.0. The van der Waals surface area contributed by atoms with Crippen LogP contribution in [0, 0.1) is 11.6 Å². The molecule has 318 valence electrons. The summed E-state index contributed by atoms with van der Waals surface area (Å²) in [7, 11) is -3.79.